The Morgan fingerprint density at radius 3 is 2.52 bits per heavy atom. The molecule has 0 bridgehead atoms. The molecule has 0 aliphatic heterocycles. The fourth-order valence-electron chi connectivity index (χ4n) is 2.04. The lowest BCUT2D eigenvalue weighted by Gasteiger charge is -2.13. The summed E-state index contributed by atoms with van der Waals surface area (Å²) < 4.78 is 10.8. The molecule has 0 saturated carbocycles. The van der Waals surface area contributed by atoms with Crippen molar-refractivity contribution in [2.45, 2.75) is 20.0 Å². The van der Waals surface area contributed by atoms with Crippen molar-refractivity contribution in [3.63, 3.8) is 0 Å². The molecule has 0 radical (unpaired) electrons. The van der Waals surface area contributed by atoms with E-state index in [1.54, 1.807) is 19.5 Å². The van der Waals surface area contributed by atoms with Gasteiger partial charge in [-0.3, -0.25) is 4.98 Å². The van der Waals surface area contributed by atoms with Gasteiger partial charge < -0.3 is 14.8 Å². The number of halogens is 1. The number of nitrogens with zero attached hydrogens (tertiary/aromatic N) is 1. The molecule has 1 aromatic heterocycles. The molecule has 0 atom stereocenters. The molecule has 0 aliphatic rings. The van der Waals surface area contributed by atoms with Gasteiger partial charge in [0, 0.05) is 25.5 Å². The van der Waals surface area contributed by atoms with Crippen LogP contribution in [0.5, 0.6) is 11.5 Å². The molecule has 5 heteroatoms. The van der Waals surface area contributed by atoms with Gasteiger partial charge in [0.25, 0.3) is 0 Å². The van der Waals surface area contributed by atoms with Gasteiger partial charge >= 0.3 is 0 Å². The number of aromatic nitrogens is 1. The summed E-state index contributed by atoms with van der Waals surface area (Å²) >= 11 is 6.23. The quantitative estimate of drug-likeness (QED) is 0.851. The van der Waals surface area contributed by atoms with Crippen LogP contribution in [0.3, 0.4) is 0 Å². The van der Waals surface area contributed by atoms with Crippen molar-refractivity contribution < 1.29 is 9.47 Å². The molecule has 0 amide bonds. The molecule has 1 N–H and O–H groups in total. The number of nitrogens with one attached hydrogen (secondary N) is 1. The van der Waals surface area contributed by atoms with E-state index in [-0.39, 0.29) is 0 Å². The normalized spacial score (nSPS) is 10.4. The Kier molecular flexibility index (Phi) is 5.84. The Labute approximate surface area is 130 Å². The van der Waals surface area contributed by atoms with Crippen LogP contribution in [0.1, 0.15) is 18.1 Å². The van der Waals surface area contributed by atoms with Crippen LogP contribution in [0.15, 0.2) is 36.7 Å². The first-order chi connectivity index (χ1) is 10.2. The highest BCUT2D eigenvalue weighted by atomic mass is 35.5. The molecule has 1 aromatic carbocycles. The maximum absolute atomic E-state index is 6.23. The van der Waals surface area contributed by atoms with Gasteiger partial charge in [0.05, 0.1) is 18.7 Å². The molecule has 21 heavy (non-hydrogen) atoms. The van der Waals surface area contributed by atoms with E-state index in [0.717, 1.165) is 12.1 Å². The Balaban J connectivity index is 2.03. The first-order valence-electron chi connectivity index (χ1n) is 6.83. The van der Waals surface area contributed by atoms with Gasteiger partial charge in [0.15, 0.2) is 11.5 Å². The molecule has 1 heterocycles. The van der Waals surface area contributed by atoms with E-state index >= 15 is 0 Å². The van der Waals surface area contributed by atoms with E-state index in [1.165, 1.54) is 5.56 Å². The molecule has 0 spiro atoms. The van der Waals surface area contributed by atoms with Crippen molar-refractivity contribution in [1.29, 1.82) is 0 Å². The smallest absolute Gasteiger partial charge is 0.179 e. The van der Waals surface area contributed by atoms with Crippen LogP contribution in [0.2, 0.25) is 5.02 Å². The van der Waals surface area contributed by atoms with E-state index in [0.29, 0.717) is 29.7 Å². The second-order valence-corrected chi connectivity index (χ2v) is 4.91. The van der Waals surface area contributed by atoms with Gasteiger partial charge in [-0.1, -0.05) is 11.6 Å². The minimum Gasteiger partial charge on any atom is -0.491 e. The monoisotopic (exact) mass is 306 g/mol. The average molecular weight is 307 g/mol. The molecule has 2 rings (SSSR count). The molecule has 0 unspecified atom stereocenters. The summed E-state index contributed by atoms with van der Waals surface area (Å²) in [6, 6.07) is 7.81. The molecule has 2 aromatic rings. The average Bonchev–Trinajstić information content (AvgIpc) is 2.48. The Morgan fingerprint density at radius 2 is 1.86 bits per heavy atom. The summed E-state index contributed by atoms with van der Waals surface area (Å²) in [6.45, 7) is 3.98. The highest BCUT2D eigenvalue weighted by molar-refractivity contribution is 6.32. The largest absolute Gasteiger partial charge is 0.491 e. The lowest BCUT2D eigenvalue weighted by atomic mass is 10.2. The van der Waals surface area contributed by atoms with Crippen molar-refractivity contribution in [3.8, 4) is 11.5 Å². The van der Waals surface area contributed by atoms with Crippen molar-refractivity contribution in [2.75, 3.05) is 13.7 Å². The molecule has 0 aliphatic carbocycles. The zero-order chi connectivity index (χ0) is 15.1. The van der Waals surface area contributed by atoms with E-state index in [4.69, 9.17) is 21.1 Å². The van der Waals surface area contributed by atoms with Crippen LogP contribution in [0.4, 0.5) is 0 Å². The predicted octanol–water partition coefficient (Wildman–Crippen LogP) is 3.43. The third-order valence-electron chi connectivity index (χ3n) is 2.98. The summed E-state index contributed by atoms with van der Waals surface area (Å²) in [5.74, 6) is 1.25. The summed E-state index contributed by atoms with van der Waals surface area (Å²) in [5.41, 5.74) is 2.24. The summed E-state index contributed by atoms with van der Waals surface area (Å²) in [4.78, 5) is 4.00. The molecular weight excluding hydrogens is 288 g/mol. The third-order valence-corrected chi connectivity index (χ3v) is 3.26. The van der Waals surface area contributed by atoms with Gasteiger partial charge in [-0.05, 0) is 42.3 Å². The van der Waals surface area contributed by atoms with Crippen LogP contribution in [0.25, 0.3) is 0 Å². The first-order valence-corrected chi connectivity index (χ1v) is 7.21. The minimum absolute atomic E-state index is 0.559. The number of hydrogen-bond acceptors (Lipinski definition) is 4. The number of methoxy groups -OCH3 is 1. The Hall–Kier alpha value is -1.78. The van der Waals surface area contributed by atoms with E-state index in [9.17, 15) is 0 Å². The fraction of sp³-hybridized carbons (Fsp3) is 0.312. The van der Waals surface area contributed by atoms with Crippen molar-refractivity contribution in [3.05, 3.63) is 52.8 Å². The Morgan fingerprint density at radius 1 is 1.14 bits per heavy atom. The molecule has 112 valence electrons. The van der Waals surface area contributed by atoms with Crippen LogP contribution in [-0.4, -0.2) is 18.7 Å². The van der Waals surface area contributed by atoms with Gasteiger partial charge in [0.1, 0.15) is 0 Å². The second-order valence-electron chi connectivity index (χ2n) is 4.50. The second kappa shape index (κ2) is 7.86. The standard InChI is InChI=1S/C16H19ClN2O2/c1-3-21-15-9-13(8-14(17)16(15)20-2)11-19-10-12-4-6-18-7-5-12/h4-9,19H,3,10-11H2,1-2H3. The SMILES string of the molecule is CCOc1cc(CNCc2ccncc2)cc(Cl)c1OC. The van der Waals surface area contributed by atoms with Crippen LogP contribution in [0, 0.1) is 0 Å². The van der Waals surface area contributed by atoms with Gasteiger partial charge in [0.2, 0.25) is 0 Å². The highest BCUT2D eigenvalue weighted by Crippen LogP contribution is 2.36. The lowest BCUT2D eigenvalue weighted by molar-refractivity contribution is 0.310. The fourth-order valence-corrected chi connectivity index (χ4v) is 2.35. The maximum Gasteiger partial charge on any atom is 0.179 e. The third kappa shape index (κ3) is 4.34. The summed E-state index contributed by atoms with van der Waals surface area (Å²) in [7, 11) is 1.59. The lowest BCUT2D eigenvalue weighted by Crippen LogP contribution is -2.13. The Bertz CT molecular complexity index is 576. The van der Waals surface area contributed by atoms with Crippen LogP contribution >= 0.6 is 11.6 Å². The number of rotatable bonds is 7. The van der Waals surface area contributed by atoms with Gasteiger partial charge in [-0.25, -0.2) is 0 Å². The van der Waals surface area contributed by atoms with E-state index in [2.05, 4.69) is 10.3 Å². The first kappa shape index (κ1) is 15.6. The van der Waals surface area contributed by atoms with Crippen molar-refractivity contribution in [2.24, 2.45) is 0 Å². The number of benzene rings is 1. The topological polar surface area (TPSA) is 43.4 Å². The predicted molar refractivity (Wildman–Crippen MR) is 84.0 cm³/mol. The van der Waals surface area contributed by atoms with E-state index in [1.807, 2.05) is 31.2 Å². The zero-order valence-electron chi connectivity index (χ0n) is 12.2. The highest BCUT2D eigenvalue weighted by Gasteiger charge is 2.11. The molecule has 0 fully saturated rings. The van der Waals surface area contributed by atoms with Crippen molar-refractivity contribution in [1.82, 2.24) is 10.3 Å². The van der Waals surface area contributed by atoms with Crippen LogP contribution in [-0.2, 0) is 13.1 Å². The summed E-state index contributed by atoms with van der Waals surface area (Å²) in [6.07, 6.45) is 3.57. The molecule has 0 saturated heterocycles. The number of hydrogen-bond donors (Lipinski definition) is 1. The molecule has 4 nitrogen and oxygen atoms in total. The minimum atomic E-state index is 0.559. The van der Waals surface area contributed by atoms with E-state index < -0.39 is 0 Å². The van der Waals surface area contributed by atoms with Crippen molar-refractivity contribution >= 4 is 11.6 Å². The zero-order valence-corrected chi connectivity index (χ0v) is 13.0. The summed E-state index contributed by atoms with van der Waals surface area (Å²) in [5, 5.41) is 3.93. The number of pyridine rings is 1. The molecular formula is C16H19ClN2O2. The van der Waals surface area contributed by atoms with Gasteiger partial charge in [-0.2, -0.15) is 0 Å². The number of ether oxygens (including phenoxy) is 2. The van der Waals surface area contributed by atoms with Crippen LogP contribution < -0.4 is 14.8 Å². The maximum atomic E-state index is 6.23. The van der Waals surface area contributed by atoms with Gasteiger partial charge in [-0.15, -0.1) is 0 Å².